The number of hydrogen-bond acceptors (Lipinski definition) is 4. The van der Waals surface area contributed by atoms with Gasteiger partial charge in [-0.1, -0.05) is 18.2 Å². The maximum absolute atomic E-state index is 12.6. The lowest BCUT2D eigenvalue weighted by molar-refractivity contribution is -0.880. The molecule has 0 spiro atoms. The van der Waals surface area contributed by atoms with Gasteiger partial charge in [0.05, 0.1) is 38.9 Å². The third-order valence-corrected chi connectivity index (χ3v) is 5.78. The fourth-order valence-corrected chi connectivity index (χ4v) is 3.61. The molecule has 1 fully saturated rings. The van der Waals surface area contributed by atoms with Crippen molar-refractivity contribution in [2.75, 3.05) is 43.4 Å². The summed E-state index contributed by atoms with van der Waals surface area (Å²) < 4.78 is 0. The number of quaternary nitrogens is 1. The maximum Gasteiger partial charge on any atom is 0.255 e. The minimum atomic E-state index is -0.117. The van der Waals surface area contributed by atoms with Gasteiger partial charge in [-0.2, -0.15) is 0 Å². The first-order valence-corrected chi connectivity index (χ1v) is 10.4. The van der Waals surface area contributed by atoms with Crippen LogP contribution in [0, 0.1) is 13.8 Å². The first-order valence-electron chi connectivity index (χ1n) is 10.4. The van der Waals surface area contributed by atoms with E-state index < -0.39 is 0 Å². The van der Waals surface area contributed by atoms with Gasteiger partial charge in [-0.15, -0.1) is 10.2 Å². The van der Waals surface area contributed by atoms with Crippen LogP contribution in [-0.4, -0.2) is 49.3 Å². The molecule has 6 nitrogen and oxygen atoms in total. The van der Waals surface area contributed by atoms with E-state index in [0.717, 1.165) is 54.5 Å². The van der Waals surface area contributed by atoms with Gasteiger partial charge in [-0.25, -0.2) is 0 Å². The van der Waals surface area contributed by atoms with Crippen molar-refractivity contribution < 1.29 is 9.69 Å². The number of rotatable bonds is 4. The Labute approximate surface area is 177 Å². The summed E-state index contributed by atoms with van der Waals surface area (Å²) in [4.78, 5) is 16.5. The van der Waals surface area contributed by atoms with Crippen LogP contribution >= 0.6 is 0 Å². The second kappa shape index (κ2) is 8.63. The number of nitrogens with one attached hydrogen (secondary N) is 2. The van der Waals surface area contributed by atoms with Crippen molar-refractivity contribution in [1.29, 1.82) is 0 Å². The van der Waals surface area contributed by atoms with Crippen LogP contribution in [-0.2, 0) is 0 Å². The van der Waals surface area contributed by atoms with Crippen molar-refractivity contribution in [3.8, 4) is 11.3 Å². The first-order chi connectivity index (χ1) is 14.5. The number of carbonyl (C=O) groups excluding carboxylic acids is 1. The minimum Gasteiger partial charge on any atom is -0.344 e. The van der Waals surface area contributed by atoms with E-state index in [0.29, 0.717) is 5.56 Å². The van der Waals surface area contributed by atoms with Crippen LogP contribution < -0.4 is 15.1 Å². The van der Waals surface area contributed by atoms with E-state index in [1.807, 2.05) is 68.4 Å². The third kappa shape index (κ3) is 4.49. The summed E-state index contributed by atoms with van der Waals surface area (Å²) in [5.41, 5.74) is 5.39. The molecule has 0 radical (unpaired) electrons. The molecule has 1 saturated heterocycles. The molecule has 0 aliphatic carbocycles. The number of amides is 1. The summed E-state index contributed by atoms with van der Waals surface area (Å²) in [6.45, 7) is 8.28. The molecule has 0 saturated carbocycles. The monoisotopic (exact) mass is 402 g/mol. The number of benzene rings is 2. The SMILES string of the molecule is Cc1ccc(C(=O)Nc2cccc(-c3ccc(N4CC[NH+](C)CC4)nn3)c2)cc1C. The molecular formula is C24H28N5O+. The van der Waals surface area contributed by atoms with Gasteiger partial charge < -0.3 is 15.1 Å². The summed E-state index contributed by atoms with van der Waals surface area (Å²) >= 11 is 0. The summed E-state index contributed by atoms with van der Waals surface area (Å²) in [6, 6.07) is 17.5. The largest absolute Gasteiger partial charge is 0.344 e. The lowest BCUT2D eigenvalue weighted by Crippen LogP contribution is -3.12. The van der Waals surface area contributed by atoms with Crippen LogP contribution in [0.2, 0.25) is 0 Å². The number of aromatic nitrogens is 2. The lowest BCUT2D eigenvalue weighted by atomic mass is 10.1. The molecule has 154 valence electrons. The number of carbonyl (C=O) groups is 1. The molecule has 2 aromatic carbocycles. The molecule has 2 heterocycles. The fraction of sp³-hybridized carbons (Fsp3) is 0.292. The summed E-state index contributed by atoms with van der Waals surface area (Å²) in [5, 5.41) is 11.9. The van der Waals surface area contributed by atoms with Crippen molar-refractivity contribution in [3.63, 3.8) is 0 Å². The Balaban J connectivity index is 1.47. The molecule has 0 bridgehead atoms. The second-order valence-corrected chi connectivity index (χ2v) is 8.05. The zero-order valence-electron chi connectivity index (χ0n) is 17.8. The van der Waals surface area contributed by atoms with Gasteiger partial charge in [0.25, 0.3) is 5.91 Å². The Hall–Kier alpha value is -3.25. The minimum absolute atomic E-state index is 0.117. The van der Waals surface area contributed by atoms with Crippen molar-refractivity contribution >= 4 is 17.4 Å². The van der Waals surface area contributed by atoms with E-state index in [-0.39, 0.29) is 5.91 Å². The van der Waals surface area contributed by atoms with Crippen molar-refractivity contribution in [2.24, 2.45) is 0 Å². The van der Waals surface area contributed by atoms with Crippen molar-refractivity contribution in [3.05, 3.63) is 71.3 Å². The van der Waals surface area contributed by atoms with E-state index in [1.54, 1.807) is 4.90 Å². The Morgan fingerprint density at radius 2 is 1.77 bits per heavy atom. The third-order valence-electron chi connectivity index (χ3n) is 5.78. The highest BCUT2D eigenvalue weighted by Gasteiger charge is 2.18. The summed E-state index contributed by atoms with van der Waals surface area (Å²) in [7, 11) is 2.22. The molecule has 3 aromatic rings. The number of anilines is 2. The van der Waals surface area contributed by atoms with Gasteiger partial charge in [0.1, 0.15) is 0 Å². The van der Waals surface area contributed by atoms with Crippen molar-refractivity contribution in [1.82, 2.24) is 10.2 Å². The number of aryl methyl sites for hydroxylation is 2. The van der Waals surface area contributed by atoms with Gasteiger partial charge in [-0.3, -0.25) is 4.79 Å². The summed E-state index contributed by atoms with van der Waals surface area (Å²) in [5.74, 6) is 0.805. The molecule has 30 heavy (non-hydrogen) atoms. The van der Waals surface area contributed by atoms with Crippen LogP contribution in [0.3, 0.4) is 0 Å². The van der Waals surface area contributed by atoms with Crippen LogP contribution in [0.5, 0.6) is 0 Å². The molecule has 0 atom stereocenters. The molecule has 4 rings (SSSR count). The predicted octanol–water partition coefficient (Wildman–Crippen LogP) is 2.35. The lowest BCUT2D eigenvalue weighted by Gasteiger charge is -2.30. The van der Waals surface area contributed by atoms with Gasteiger partial charge in [0.15, 0.2) is 5.82 Å². The quantitative estimate of drug-likeness (QED) is 0.703. The average molecular weight is 403 g/mol. The molecule has 1 aromatic heterocycles. The molecule has 2 N–H and O–H groups in total. The molecule has 1 aliphatic heterocycles. The predicted molar refractivity (Wildman–Crippen MR) is 120 cm³/mol. The molecule has 1 amide bonds. The van der Waals surface area contributed by atoms with Gasteiger partial charge in [0.2, 0.25) is 0 Å². The van der Waals surface area contributed by atoms with Crippen LogP contribution in [0.1, 0.15) is 21.5 Å². The normalized spacial score (nSPS) is 14.6. The molecule has 1 aliphatic rings. The highest BCUT2D eigenvalue weighted by molar-refractivity contribution is 6.04. The number of hydrogen-bond donors (Lipinski definition) is 2. The topological polar surface area (TPSA) is 62.6 Å². The Bertz CT molecular complexity index is 1040. The maximum atomic E-state index is 12.6. The highest BCUT2D eigenvalue weighted by Crippen LogP contribution is 2.22. The van der Waals surface area contributed by atoms with Crippen LogP contribution in [0.15, 0.2) is 54.6 Å². The Kier molecular flexibility index (Phi) is 5.77. The molecule has 6 heteroatoms. The molecular weight excluding hydrogens is 374 g/mol. The second-order valence-electron chi connectivity index (χ2n) is 8.05. The van der Waals surface area contributed by atoms with Gasteiger partial charge in [0, 0.05) is 16.8 Å². The standard InChI is InChI=1S/C24H27N5O/c1-17-7-8-20(15-18(17)2)24(30)25-21-6-4-5-19(16-21)22-9-10-23(27-26-22)29-13-11-28(3)12-14-29/h4-10,15-16H,11-14H2,1-3H3,(H,25,30)/p+1. The zero-order chi connectivity index (χ0) is 21.1. The van der Waals surface area contributed by atoms with E-state index >= 15 is 0 Å². The Morgan fingerprint density at radius 3 is 2.47 bits per heavy atom. The highest BCUT2D eigenvalue weighted by atomic mass is 16.1. The average Bonchev–Trinajstić information content (AvgIpc) is 2.76. The van der Waals surface area contributed by atoms with Crippen LogP contribution in [0.25, 0.3) is 11.3 Å². The Morgan fingerprint density at radius 1 is 0.967 bits per heavy atom. The van der Waals surface area contributed by atoms with E-state index in [1.165, 1.54) is 5.56 Å². The van der Waals surface area contributed by atoms with E-state index in [2.05, 4.69) is 27.5 Å². The van der Waals surface area contributed by atoms with Gasteiger partial charge >= 0.3 is 0 Å². The van der Waals surface area contributed by atoms with E-state index in [4.69, 9.17) is 0 Å². The van der Waals surface area contributed by atoms with Crippen molar-refractivity contribution in [2.45, 2.75) is 13.8 Å². The first kappa shape index (κ1) is 20.0. The zero-order valence-corrected chi connectivity index (χ0v) is 17.8. The number of piperazine rings is 1. The number of nitrogens with zero attached hydrogens (tertiary/aromatic N) is 3. The van der Waals surface area contributed by atoms with Gasteiger partial charge in [-0.05, 0) is 61.4 Å². The number of likely N-dealkylation sites (N-methyl/N-ethyl adjacent to an activating group) is 1. The van der Waals surface area contributed by atoms with Crippen LogP contribution in [0.4, 0.5) is 11.5 Å². The van der Waals surface area contributed by atoms with E-state index in [9.17, 15) is 4.79 Å². The smallest absolute Gasteiger partial charge is 0.255 e. The summed E-state index contributed by atoms with van der Waals surface area (Å²) in [6.07, 6.45) is 0. The fourth-order valence-electron chi connectivity index (χ4n) is 3.61. The molecule has 0 unspecified atom stereocenters.